The lowest BCUT2D eigenvalue weighted by Gasteiger charge is -2.14. The molecule has 6 heteroatoms. The minimum Gasteiger partial charge on any atom is -0.465 e. The summed E-state index contributed by atoms with van der Waals surface area (Å²) in [6.07, 6.45) is 8.46. The van der Waals surface area contributed by atoms with E-state index >= 15 is 0 Å². The first kappa shape index (κ1) is 18.1. The quantitative estimate of drug-likeness (QED) is 0.362. The van der Waals surface area contributed by atoms with Gasteiger partial charge in [-0.05, 0) is 45.1 Å². The van der Waals surface area contributed by atoms with Crippen LogP contribution in [0.2, 0.25) is 0 Å². The number of nitrogens with one attached hydrogen (secondary N) is 2. The van der Waals surface area contributed by atoms with Crippen molar-refractivity contribution in [3.05, 3.63) is 34.8 Å². The lowest BCUT2D eigenvalue weighted by atomic mass is 9.97. The van der Waals surface area contributed by atoms with Crippen LogP contribution < -0.4 is 10.6 Å². The highest BCUT2D eigenvalue weighted by atomic mass is 16.5. The first-order valence-electron chi connectivity index (χ1n) is 8.44. The van der Waals surface area contributed by atoms with E-state index in [1.807, 2.05) is 0 Å². The summed E-state index contributed by atoms with van der Waals surface area (Å²) in [6.45, 7) is 3.07. The fourth-order valence-corrected chi connectivity index (χ4v) is 2.81. The van der Waals surface area contributed by atoms with Crippen LogP contribution in [0.25, 0.3) is 0 Å². The van der Waals surface area contributed by atoms with Crippen molar-refractivity contribution >= 4 is 11.9 Å². The molecule has 2 rings (SSSR count). The van der Waals surface area contributed by atoms with Gasteiger partial charge in [-0.1, -0.05) is 11.6 Å². The van der Waals surface area contributed by atoms with Gasteiger partial charge in [0.15, 0.2) is 5.96 Å². The number of carbonyl (C=O) groups excluding carboxylic acids is 1. The molecule has 132 valence electrons. The zero-order chi connectivity index (χ0) is 17.4. The molecule has 1 aromatic heterocycles. The lowest BCUT2D eigenvalue weighted by Crippen LogP contribution is -2.37. The van der Waals surface area contributed by atoms with E-state index in [-0.39, 0.29) is 5.97 Å². The number of carbonyl (C=O) groups is 1. The van der Waals surface area contributed by atoms with Crippen LogP contribution in [0, 0.1) is 6.92 Å². The van der Waals surface area contributed by atoms with Gasteiger partial charge in [0.1, 0.15) is 17.1 Å². The molecule has 0 atom stereocenters. The molecule has 0 bridgehead atoms. The van der Waals surface area contributed by atoms with Crippen LogP contribution in [0.4, 0.5) is 0 Å². The Hall–Kier alpha value is -2.24. The Morgan fingerprint density at radius 3 is 2.88 bits per heavy atom. The Bertz CT molecular complexity index is 617. The number of guanidine groups is 1. The predicted molar refractivity (Wildman–Crippen MR) is 94.2 cm³/mol. The highest BCUT2D eigenvalue weighted by Gasteiger charge is 2.15. The Labute approximate surface area is 143 Å². The molecular weight excluding hydrogens is 306 g/mol. The van der Waals surface area contributed by atoms with E-state index in [9.17, 15) is 4.79 Å². The number of allylic oxidation sites excluding steroid dienone is 1. The minimum absolute atomic E-state index is 0.384. The van der Waals surface area contributed by atoms with E-state index < -0.39 is 0 Å². The van der Waals surface area contributed by atoms with Crippen LogP contribution in [0.15, 0.2) is 27.1 Å². The van der Waals surface area contributed by atoms with Gasteiger partial charge in [-0.15, -0.1) is 0 Å². The number of ether oxygens (including phenoxy) is 1. The molecule has 1 aliphatic carbocycles. The molecule has 0 aliphatic heterocycles. The molecule has 0 saturated heterocycles. The molecule has 0 amide bonds. The highest BCUT2D eigenvalue weighted by Crippen LogP contribution is 2.19. The van der Waals surface area contributed by atoms with Gasteiger partial charge < -0.3 is 19.8 Å². The van der Waals surface area contributed by atoms with Crippen molar-refractivity contribution in [3.63, 3.8) is 0 Å². The second-order valence-electron chi connectivity index (χ2n) is 5.88. The molecule has 0 radical (unpaired) electrons. The van der Waals surface area contributed by atoms with Gasteiger partial charge in [-0.2, -0.15) is 0 Å². The molecule has 0 fully saturated rings. The van der Waals surface area contributed by atoms with Crippen molar-refractivity contribution in [2.45, 2.75) is 45.6 Å². The van der Waals surface area contributed by atoms with Gasteiger partial charge >= 0.3 is 5.97 Å². The van der Waals surface area contributed by atoms with Crippen molar-refractivity contribution in [1.29, 1.82) is 0 Å². The summed E-state index contributed by atoms with van der Waals surface area (Å²) in [7, 11) is 3.10. The Morgan fingerprint density at radius 2 is 2.21 bits per heavy atom. The second-order valence-corrected chi connectivity index (χ2v) is 5.88. The fraction of sp³-hybridized carbons (Fsp3) is 0.556. The molecule has 24 heavy (non-hydrogen) atoms. The highest BCUT2D eigenvalue weighted by molar-refractivity contribution is 5.90. The average Bonchev–Trinajstić information content (AvgIpc) is 2.99. The normalized spacial score (nSPS) is 15.0. The second kappa shape index (κ2) is 9.15. The van der Waals surface area contributed by atoms with Crippen molar-refractivity contribution < 1.29 is 13.9 Å². The van der Waals surface area contributed by atoms with Crippen LogP contribution in [-0.2, 0) is 11.3 Å². The summed E-state index contributed by atoms with van der Waals surface area (Å²) < 4.78 is 10.3. The zero-order valence-electron chi connectivity index (χ0n) is 14.8. The Balaban J connectivity index is 1.79. The van der Waals surface area contributed by atoms with Gasteiger partial charge in [0.05, 0.1) is 13.7 Å². The van der Waals surface area contributed by atoms with E-state index in [0.717, 1.165) is 18.9 Å². The molecule has 0 unspecified atom stereocenters. The molecule has 0 aromatic carbocycles. The standard InChI is InChI=1S/C18H27N3O3/c1-13-16(17(22)23-3)11-15(24-13)12-21-18(19-2)20-10-9-14-7-5-4-6-8-14/h7,11H,4-6,8-10,12H2,1-3H3,(H2,19,20,21). The number of aliphatic imine (C=N–C) groups is 1. The van der Waals surface area contributed by atoms with Gasteiger partial charge in [0.2, 0.25) is 0 Å². The number of nitrogens with zero attached hydrogens (tertiary/aromatic N) is 1. The smallest absolute Gasteiger partial charge is 0.341 e. The number of methoxy groups -OCH3 is 1. The molecule has 2 N–H and O–H groups in total. The summed E-state index contributed by atoms with van der Waals surface area (Å²) in [5.41, 5.74) is 2.00. The van der Waals surface area contributed by atoms with E-state index in [1.165, 1.54) is 38.4 Å². The summed E-state index contributed by atoms with van der Waals surface area (Å²) in [5.74, 6) is 1.57. The topological polar surface area (TPSA) is 75.9 Å². The van der Waals surface area contributed by atoms with E-state index in [4.69, 9.17) is 9.15 Å². The molecular formula is C18H27N3O3. The monoisotopic (exact) mass is 333 g/mol. The number of furan rings is 1. The van der Waals surface area contributed by atoms with Crippen molar-refractivity contribution in [2.24, 2.45) is 4.99 Å². The van der Waals surface area contributed by atoms with Gasteiger partial charge in [0, 0.05) is 13.6 Å². The molecule has 6 nitrogen and oxygen atoms in total. The molecule has 0 spiro atoms. The van der Waals surface area contributed by atoms with Crippen LogP contribution in [0.1, 0.15) is 54.0 Å². The number of aryl methyl sites for hydroxylation is 1. The zero-order valence-corrected chi connectivity index (χ0v) is 14.8. The number of rotatable bonds is 6. The molecule has 1 aliphatic rings. The van der Waals surface area contributed by atoms with Crippen molar-refractivity contribution in [1.82, 2.24) is 10.6 Å². The first-order chi connectivity index (χ1) is 11.6. The maximum Gasteiger partial charge on any atom is 0.341 e. The van der Waals surface area contributed by atoms with E-state index in [2.05, 4.69) is 21.7 Å². The van der Waals surface area contributed by atoms with Gasteiger partial charge in [-0.25, -0.2) is 4.79 Å². The summed E-state index contributed by atoms with van der Waals surface area (Å²) in [6, 6.07) is 1.70. The van der Waals surface area contributed by atoms with Crippen LogP contribution in [-0.4, -0.2) is 32.6 Å². The SMILES string of the molecule is CN=C(NCCC1=CCCCC1)NCc1cc(C(=O)OC)c(C)o1. The maximum atomic E-state index is 11.6. The molecule has 0 saturated carbocycles. The van der Waals surface area contributed by atoms with E-state index in [1.54, 1.807) is 20.0 Å². The minimum atomic E-state index is -0.384. The predicted octanol–water partition coefficient (Wildman–Crippen LogP) is 2.93. The van der Waals surface area contributed by atoms with Crippen LogP contribution in [0.5, 0.6) is 0 Å². The summed E-state index contributed by atoms with van der Waals surface area (Å²) >= 11 is 0. The lowest BCUT2D eigenvalue weighted by molar-refractivity contribution is 0.0599. The Kier molecular flexibility index (Phi) is 6.90. The molecule has 1 aromatic rings. The Morgan fingerprint density at radius 1 is 1.38 bits per heavy atom. The third-order valence-electron chi connectivity index (χ3n) is 4.15. The van der Waals surface area contributed by atoms with E-state index in [0.29, 0.717) is 23.6 Å². The third kappa shape index (κ3) is 5.15. The summed E-state index contributed by atoms with van der Waals surface area (Å²) in [5, 5.41) is 6.50. The average molecular weight is 333 g/mol. The van der Waals surface area contributed by atoms with Crippen molar-refractivity contribution in [2.75, 3.05) is 20.7 Å². The van der Waals surface area contributed by atoms with Crippen LogP contribution in [0.3, 0.4) is 0 Å². The number of hydrogen-bond donors (Lipinski definition) is 2. The maximum absolute atomic E-state index is 11.6. The first-order valence-corrected chi connectivity index (χ1v) is 8.44. The largest absolute Gasteiger partial charge is 0.465 e. The number of hydrogen-bond acceptors (Lipinski definition) is 4. The summed E-state index contributed by atoms with van der Waals surface area (Å²) in [4.78, 5) is 15.8. The third-order valence-corrected chi connectivity index (χ3v) is 4.15. The molecule has 1 heterocycles. The number of esters is 1. The van der Waals surface area contributed by atoms with Gasteiger partial charge in [0.25, 0.3) is 0 Å². The van der Waals surface area contributed by atoms with Crippen molar-refractivity contribution in [3.8, 4) is 0 Å². The van der Waals surface area contributed by atoms with Crippen LogP contribution >= 0.6 is 0 Å². The van der Waals surface area contributed by atoms with Gasteiger partial charge in [-0.3, -0.25) is 4.99 Å². The fourth-order valence-electron chi connectivity index (χ4n) is 2.81.